The van der Waals surface area contributed by atoms with Gasteiger partial charge in [-0.3, -0.25) is 4.79 Å². The first-order valence-corrected chi connectivity index (χ1v) is 7.92. The van der Waals surface area contributed by atoms with Crippen LogP contribution in [0, 0.1) is 5.92 Å². The largest absolute Gasteiger partial charge is 0.351 e. The first kappa shape index (κ1) is 16.9. The van der Waals surface area contributed by atoms with Crippen molar-refractivity contribution in [3.8, 4) is 0 Å². The maximum Gasteiger partial charge on any atom is 0.270 e. The lowest BCUT2D eigenvalue weighted by molar-refractivity contribution is 0.0947. The summed E-state index contributed by atoms with van der Waals surface area (Å²) in [6.07, 6.45) is 2.58. The molecule has 0 bridgehead atoms. The molecule has 0 spiro atoms. The standard InChI is InChI=1S/C18H24N4O/c1-14(2)9-11-19-17(23)16-10-12-20-18(21-16)22(3)13-15-7-5-4-6-8-15/h4-8,10,12,14H,9,11,13H2,1-3H3,(H,19,23). The molecule has 1 N–H and O–H groups in total. The normalized spacial score (nSPS) is 10.6. The summed E-state index contributed by atoms with van der Waals surface area (Å²) in [5.41, 5.74) is 1.57. The molecule has 0 saturated heterocycles. The maximum atomic E-state index is 12.1. The smallest absolute Gasteiger partial charge is 0.270 e. The lowest BCUT2D eigenvalue weighted by atomic mass is 10.1. The van der Waals surface area contributed by atoms with Crippen LogP contribution in [0.1, 0.15) is 36.3 Å². The lowest BCUT2D eigenvalue weighted by Gasteiger charge is -2.17. The molecule has 2 rings (SSSR count). The van der Waals surface area contributed by atoms with Crippen LogP contribution in [-0.4, -0.2) is 29.5 Å². The van der Waals surface area contributed by atoms with Gasteiger partial charge in [-0.25, -0.2) is 9.97 Å². The van der Waals surface area contributed by atoms with E-state index in [-0.39, 0.29) is 5.91 Å². The number of anilines is 1. The molecule has 122 valence electrons. The van der Waals surface area contributed by atoms with Gasteiger partial charge in [0, 0.05) is 26.3 Å². The summed E-state index contributed by atoms with van der Waals surface area (Å²) in [6, 6.07) is 11.7. The average Bonchev–Trinajstić information content (AvgIpc) is 2.55. The SMILES string of the molecule is CC(C)CCNC(=O)c1ccnc(N(C)Cc2ccccc2)n1. The number of aromatic nitrogens is 2. The number of rotatable bonds is 7. The molecule has 0 radical (unpaired) electrons. The molecule has 0 atom stereocenters. The summed E-state index contributed by atoms with van der Waals surface area (Å²) in [5, 5.41) is 2.90. The van der Waals surface area contributed by atoms with Crippen LogP contribution in [0.3, 0.4) is 0 Å². The Morgan fingerprint density at radius 2 is 1.96 bits per heavy atom. The molecule has 1 aromatic carbocycles. The van der Waals surface area contributed by atoms with Crippen molar-refractivity contribution >= 4 is 11.9 Å². The van der Waals surface area contributed by atoms with Crippen LogP contribution in [-0.2, 0) is 6.54 Å². The zero-order valence-electron chi connectivity index (χ0n) is 14.0. The fraction of sp³-hybridized carbons (Fsp3) is 0.389. The van der Waals surface area contributed by atoms with Crippen LogP contribution in [0.15, 0.2) is 42.6 Å². The molecule has 0 saturated carbocycles. The molecule has 0 unspecified atom stereocenters. The number of hydrogen-bond donors (Lipinski definition) is 1. The Kier molecular flexibility index (Phi) is 6.09. The van der Waals surface area contributed by atoms with Gasteiger partial charge in [-0.1, -0.05) is 44.2 Å². The second kappa shape index (κ2) is 8.27. The molecule has 0 aliphatic carbocycles. The van der Waals surface area contributed by atoms with Crippen LogP contribution in [0.25, 0.3) is 0 Å². The van der Waals surface area contributed by atoms with E-state index < -0.39 is 0 Å². The van der Waals surface area contributed by atoms with E-state index in [2.05, 4.69) is 41.3 Å². The molecule has 0 aliphatic rings. The maximum absolute atomic E-state index is 12.1. The van der Waals surface area contributed by atoms with Crippen molar-refractivity contribution in [2.75, 3.05) is 18.5 Å². The predicted octanol–water partition coefficient (Wildman–Crippen LogP) is 2.89. The molecular formula is C18H24N4O. The van der Waals surface area contributed by atoms with Crippen molar-refractivity contribution in [1.29, 1.82) is 0 Å². The Labute approximate surface area is 137 Å². The minimum absolute atomic E-state index is 0.151. The van der Waals surface area contributed by atoms with Crippen molar-refractivity contribution in [1.82, 2.24) is 15.3 Å². The Morgan fingerprint density at radius 1 is 1.22 bits per heavy atom. The summed E-state index contributed by atoms with van der Waals surface area (Å²) < 4.78 is 0. The van der Waals surface area contributed by atoms with Gasteiger partial charge in [-0.15, -0.1) is 0 Å². The molecule has 2 aromatic rings. The first-order chi connectivity index (χ1) is 11.1. The van der Waals surface area contributed by atoms with E-state index in [1.54, 1.807) is 12.3 Å². The molecule has 1 heterocycles. The fourth-order valence-electron chi connectivity index (χ4n) is 2.15. The highest BCUT2D eigenvalue weighted by molar-refractivity contribution is 5.92. The quantitative estimate of drug-likeness (QED) is 0.854. The third-order valence-electron chi connectivity index (χ3n) is 3.49. The highest BCUT2D eigenvalue weighted by Gasteiger charge is 2.11. The van der Waals surface area contributed by atoms with Gasteiger partial charge in [-0.05, 0) is 24.0 Å². The fourth-order valence-corrected chi connectivity index (χ4v) is 2.15. The zero-order valence-corrected chi connectivity index (χ0v) is 14.0. The molecule has 0 fully saturated rings. The summed E-state index contributed by atoms with van der Waals surface area (Å²) in [7, 11) is 1.92. The van der Waals surface area contributed by atoms with E-state index in [9.17, 15) is 4.79 Å². The monoisotopic (exact) mass is 312 g/mol. The van der Waals surface area contributed by atoms with Gasteiger partial charge in [0.2, 0.25) is 5.95 Å². The molecule has 5 nitrogen and oxygen atoms in total. The van der Waals surface area contributed by atoms with Gasteiger partial charge in [0.05, 0.1) is 0 Å². The number of carbonyl (C=O) groups excluding carboxylic acids is 1. The topological polar surface area (TPSA) is 58.1 Å². The molecule has 5 heteroatoms. The number of nitrogens with zero attached hydrogens (tertiary/aromatic N) is 3. The van der Waals surface area contributed by atoms with E-state index in [0.717, 1.165) is 6.42 Å². The van der Waals surface area contributed by atoms with E-state index in [1.807, 2.05) is 30.1 Å². The minimum Gasteiger partial charge on any atom is -0.351 e. The molecule has 0 aliphatic heterocycles. The van der Waals surface area contributed by atoms with Gasteiger partial charge < -0.3 is 10.2 Å². The third-order valence-corrected chi connectivity index (χ3v) is 3.49. The summed E-state index contributed by atoms with van der Waals surface area (Å²) in [6.45, 7) is 5.62. The van der Waals surface area contributed by atoms with Gasteiger partial charge in [0.1, 0.15) is 5.69 Å². The number of nitrogens with one attached hydrogen (secondary N) is 1. The molecular weight excluding hydrogens is 288 g/mol. The van der Waals surface area contributed by atoms with E-state index in [4.69, 9.17) is 0 Å². The van der Waals surface area contributed by atoms with Crippen molar-refractivity contribution in [2.24, 2.45) is 5.92 Å². The summed E-state index contributed by atoms with van der Waals surface area (Å²) in [4.78, 5) is 22.7. The first-order valence-electron chi connectivity index (χ1n) is 7.92. The second-order valence-electron chi connectivity index (χ2n) is 6.02. The number of amides is 1. The van der Waals surface area contributed by atoms with Crippen LogP contribution >= 0.6 is 0 Å². The number of hydrogen-bond acceptors (Lipinski definition) is 4. The zero-order chi connectivity index (χ0) is 16.7. The predicted molar refractivity (Wildman–Crippen MR) is 92.4 cm³/mol. The highest BCUT2D eigenvalue weighted by atomic mass is 16.1. The van der Waals surface area contributed by atoms with Crippen molar-refractivity contribution in [3.05, 3.63) is 53.9 Å². The van der Waals surface area contributed by atoms with Gasteiger partial charge in [-0.2, -0.15) is 0 Å². The Balaban J connectivity index is 1.99. The van der Waals surface area contributed by atoms with Gasteiger partial charge in [0.15, 0.2) is 0 Å². The second-order valence-corrected chi connectivity index (χ2v) is 6.02. The number of benzene rings is 1. The van der Waals surface area contributed by atoms with E-state index in [1.165, 1.54) is 5.56 Å². The van der Waals surface area contributed by atoms with Gasteiger partial charge in [0.25, 0.3) is 5.91 Å². The van der Waals surface area contributed by atoms with Crippen molar-refractivity contribution < 1.29 is 4.79 Å². The Hall–Kier alpha value is -2.43. The summed E-state index contributed by atoms with van der Waals surface area (Å²) >= 11 is 0. The molecule has 23 heavy (non-hydrogen) atoms. The number of carbonyl (C=O) groups is 1. The highest BCUT2D eigenvalue weighted by Crippen LogP contribution is 2.10. The Bertz CT molecular complexity index is 628. The average molecular weight is 312 g/mol. The molecule has 1 aromatic heterocycles. The molecule has 1 amide bonds. The van der Waals surface area contributed by atoms with Gasteiger partial charge >= 0.3 is 0 Å². The lowest BCUT2D eigenvalue weighted by Crippen LogP contribution is -2.27. The third kappa shape index (κ3) is 5.36. The van der Waals surface area contributed by atoms with Crippen LogP contribution in [0.5, 0.6) is 0 Å². The van der Waals surface area contributed by atoms with E-state index in [0.29, 0.717) is 30.6 Å². The minimum atomic E-state index is -0.151. The van der Waals surface area contributed by atoms with Crippen molar-refractivity contribution in [3.63, 3.8) is 0 Å². The van der Waals surface area contributed by atoms with Crippen molar-refractivity contribution in [2.45, 2.75) is 26.8 Å². The van der Waals surface area contributed by atoms with Crippen LogP contribution < -0.4 is 10.2 Å². The van der Waals surface area contributed by atoms with Crippen LogP contribution in [0.4, 0.5) is 5.95 Å². The summed E-state index contributed by atoms with van der Waals surface area (Å²) in [5.74, 6) is 0.959. The van der Waals surface area contributed by atoms with E-state index >= 15 is 0 Å². The Morgan fingerprint density at radius 3 is 2.65 bits per heavy atom. The van der Waals surface area contributed by atoms with Crippen LogP contribution in [0.2, 0.25) is 0 Å².